The molecule has 114 valence electrons. The van der Waals surface area contributed by atoms with Gasteiger partial charge in [-0.25, -0.2) is 9.59 Å². The van der Waals surface area contributed by atoms with Crippen molar-refractivity contribution in [3.8, 4) is 0 Å². The molecule has 1 aliphatic rings. The highest BCUT2D eigenvalue weighted by molar-refractivity contribution is 5.85. The number of aliphatic carboxylic acids is 1. The third-order valence-electron chi connectivity index (χ3n) is 3.97. The van der Waals surface area contributed by atoms with Crippen molar-refractivity contribution in [3.63, 3.8) is 0 Å². The third-order valence-corrected chi connectivity index (χ3v) is 3.97. The number of benzene rings is 1. The van der Waals surface area contributed by atoms with Crippen LogP contribution in [0.15, 0.2) is 30.3 Å². The van der Waals surface area contributed by atoms with E-state index in [4.69, 9.17) is 9.47 Å². The summed E-state index contributed by atoms with van der Waals surface area (Å²) in [4.78, 5) is 24.9. The zero-order chi connectivity index (χ0) is 15.5. The highest BCUT2D eigenvalue weighted by Gasteiger charge is 2.54. The van der Waals surface area contributed by atoms with E-state index in [0.29, 0.717) is 6.61 Å². The summed E-state index contributed by atoms with van der Waals surface area (Å²) >= 11 is 0. The molecule has 6 nitrogen and oxygen atoms in total. The predicted octanol–water partition coefficient (Wildman–Crippen LogP) is 1.89. The first-order valence-corrected chi connectivity index (χ1v) is 6.78. The standard InChI is InChI=1S/C15H19NO5/c1-11-15(13(17)18,8-9-20-11)16(2)14(19)21-10-12-6-4-3-5-7-12/h3-7,11H,8-10H2,1-2H3,(H,17,18). The minimum atomic E-state index is -1.37. The maximum atomic E-state index is 12.1. The maximum Gasteiger partial charge on any atom is 0.410 e. The number of carbonyl (C=O) groups is 2. The monoisotopic (exact) mass is 293 g/mol. The minimum Gasteiger partial charge on any atom is -0.479 e. The van der Waals surface area contributed by atoms with Gasteiger partial charge in [0.05, 0.1) is 12.7 Å². The first-order valence-electron chi connectivity index (χ1n) is 6.78. The Morgan fingerprint density at radius 2 is 2.10 bits per heavy atom. The number of carboxylic acids is 1. The zero-order valence-corrected chi connectivity index (χ0v) is 12.1. The van der Waals surface area contributed by atoms with Crippen LogP contribution in [0, 0.1) is 0 Å². The van der Waals surface area contributed by atoms with Crippen molar-refractivity contribution in [2.24, 2.45) is 0 Å². The van der Waals surface area contributed by atoms with Gasteiger partial charge in [-0.05, 0) is 12.5 Å². The van der Waals surface area contributed by atoms with Gasteiger partial charge in [-0.2, -0.15) is 0 Å². The van der Waals surface area contributed by atoms with Crippen molar-refractivity contribution in [2.75, 3.05) is 13.7 Å². The molecule has 0 saturated carbocycles. The van der Waals surface area contributed by atoms with E-state index in [1.165, 1.54) is 7.05 Å². The predicted molar refractivity (Wildman–Crippen MR) is 74.8 cm³/mol. The van der Waals surface area contributed by atoms with E-state index >= 15 is 0 Å². The molecule has 2 atom stereocenters. The molecule has 0 bridgehead atoms. The highest BCUT2D eigenvalue weighted by Crippen LogP contribution is 2.32. The summed E-state index contributed by atoms with van der Waals surface area (Å²) < 4.78 is 10.5. The Morgan fingerprint density at radius 1 is 1.43 bits per heavy atom. The number of ether oxygens (including phenoxy) is 2. The number of hydrogen-bond donors (Lipinski definition) is 1. The smallest absolute Gasteiger partial charge is 0.410 e. The molecule has 2 rings (SSSR count). The van der Waals surface area contributed by atoms with Gasteiger partial charge in [0.15, 0.2) is 5.54 Å². The van der Waals surface area contributed by atoms with Crippen LogP contribution < -0.4 is 0 Å². The van der Waals surface area contributed by atoms with Crippen molar-refractivity contribution >= 4 is 12.1 Å². The number of likely N-dealkylation sites (N-methyl/N-ethyl adjacent to an activating group) is 1. The van der Waals surface area contributed by atoms with Crippen LogP contribution in [0.2, 0.25) is 0 Å². The lowest BCUT2D eigenvalue weighted by molar-refractivity contribution is -0.153. The van der Waals surface area contributed by atoms with Gasteiger partial charge >= 0.3 is 12.1 Å². The first kappa shape index (κ1) is 15.3. The molecule has 6 heteroatoms. The molecule has 0 aromatic heterocycles. The topological polar surface area (TPSA) is 76.1 Å². The maximum absolute atomic E-state index is 12.1. The van der Waals surface area contributed by atoms with Gasteiger partial charge in [-0.15, -0.1) is 0 Å². The summed E-state index contributed by atoms with van der Waals surface area (Å²) in [5.74, 6) is -1.08. The summed E-state index contributed by atoms with van der Waals surface area (Å²) in [6.07, 6.45) is -0.997. The van der Waals surface area contributed by atoms with Crippen LogP contribution in [0.1, 0.15) is 18.9 Å². The van der Waals surface area contributed by atoms with Crippen molar-refractivity contribution in [2.45, 2.75) is 31.6 Å². The van der Waals surface area contributed by atoms with E-state index in [0.717, 1.165) is 10.5 Å². The Morgan fingerprint density at radius 3 is 2.62 bits per heavy atom. The Bertz CT molecular complexity index is 518. The van der Waals surface area contributed by atoms with Crippen LogP contribution in [0.5, 0.6) is 0 Å². The van der Waals surface area contributed by atoms with E-state index in [2.05, 4.69) is 0 Å². The van der Waals surface area contributed by atoms with Crippen LogP contribution in [-0.2, 0) is 20.9 Å². The van der Waals surface area contributed by atoms with Crippen molar-refractivity contribution in [3.05, 3.63) is 35.9 Å². The van der Waals surface area contributed by atoms with E-state index in [9.17, 15) is 14.7 Å². The molecule has 1 N–H and O–H groups in total. The normalized spacial score (nSPS) is 24.6. The molecule has 1 aromatic carbocycles. The van der Waals surface area contributed by atoms with Gasteiger partial charge in [0, 0.05) is 13.5 Å². The lowest BCUT2D eigenvalue weighted by Crippen LogP contribution is -2.59. The van der Waals surface area contributed by atoms with Crippen LogP contribution in [0.3, 0.4) is 0 Å². The molecule has 1 saturated heterocycles. The van der Waals surface area contributed by atoms with Gasteiger partial charge < -0.3 is 14.6 Å². The highest BCUT2D eigenvalue weighted by atomic mass is 16.6. The Kier molecular flexibility index (Phi) is 4.47. The summed E-state index contributed by atoms with van der Waals surface area (Å²) in [6.45, 7) is 2.07. The third kappa shape index (κ3) is 2.85. The van der Waals surface area contributed by atoms with Gasteiger partial charge in [-0.1, -0.05) is 30.3 Å². The molecule has 2 unspecified atom stereocenters. The number of rotatable bonds is 4. The fourth-order valence-corrected chi connectivity index (χ4v) is 2.58. The second-order valence-corrected chi connectivity index (χ2v) is 5.09. The molecular weight excluding hydrogens is 274 g/mol. The first-order chi connectivity index (χ1) is 9.98. The summed E-state index contributed by atoms with van der Waals surface area (Å²) in [5.41, 5.74) is -0.521. The quantitative estimate of drug-likeness (QED) is 0.917. The van der Waals surface area contributed by atoms with E-state index in [1.807, 2.05) is 30.3 Å². The fraction of sp³-hybridized carbons (Fsp3) is 0.467. The molecule has 0 spiro atoms. The number of amides is 1. The second-order valence-electron chi connectivity index (χ2n) is 5.09. The van der Waals surface area contributed by atoms with Gasteiger partial charge in [0.25, 0.3) is 0 Å². The van der Waals surface area contributed by atoms with Gasteiger partial charge in [0.1, 0.15) is 6.61 Å². The van der Waals surface area contributed by atoms with Crippen LogP contribution >= 0.6 is 0 Å². The molecular formula is C15H19NO5. The van der Waals surface area contributed by atoms with Gasteiger partial charge in [0.2, 0.25) is 0 Å². The lowest BCUT2D eigenvalue weighted by atomic mass is 9.90. The summed E-state index contributed by atoms with van der Waals surface area (Å²) in [5, 5.41) is 9.51. The number of carboxylic acid groups (broad SMARTS) is 1. The number of carbonyl (C=O) groups excluding carboxylic acids is 1. The average Bonchev–Trinajstić information content (AvgIpc) is 2.87. The Labute approximate surface area is 123 Å². The number of hydrogen-bond acceptors (Lipinski definition) is 4. The molecule has 0 radical (unpaired) electrons. The van der Waals surface area contributed by atoms with E-state index in [-0.39, 0.29) is 13.0 Å². The SMILES string of the molecule is CC1OCCC1(C(=O)O)N(C)C(=O)OCc1ccccc1. The number of nitrogens with zero attached hydrogens (tertiary/aromatic N) is 1. The van der Waals surface area contributed by atoms with Crippen LogP contribution in [0.25, 0.3) is 0 Å². The molecule has 21 heavy (non-hydrogen) atoms. The Balaban J connectivity index is 2.05. The van der Waals surface area contributed by atoms with Gasteiger partial charge in [-0.3, -0.25) is 4.90 Å². The van der Waals surface area contributed by atoms with E-state index < -0.39 is 23.7 Å². The van der Waals surface area contributed by atoms with E-state index in [1.54, 1.807) is 6.92 Å². The fourth-order valence-electron chi connectivity index (χ4n) is 2.58. The lowest BCUT2D eigenvalue weighted by Gasteiger charge is -2.36. The Hall–Kier alpha value is -2.08. The molecule has 1 amide bonds. The zero-order valence-electron chi connectivity index (χ0n) is 12.1. The molecule has 1 fully saturated rings. The summed E-state index contributed by atoms with van der Waals surface area (Å²) in [6, 6.07) is 9.23. The van der Waals surface area contributed by atoms with Crippen LogP contribution in [-0.4, -0.2) is 47.4 Å². The van der Waals surface area contributed by atoms with Crippen molar-refractivity contribution in [1.82, 2.24) is 4.90 Å². The average molecular weight is 293 g/mol. The second kappa shape index (κ2) is 6.13. The molecule has 0 aliphatic carbocycles. The minimum absolute atomic E-state index is 0.106. The largest absolute Gasteiger partial charge is 0.479 e. The van der Waals surface area contributed by atoms with Crippen molar-refractivity contribution < 1.29 is 24.2 Å². The molecule has 1 aliphatic heterocycles. The molecule has 1 aromatic rings. The molecule has 1 heterocycles. The van der Waals surface area contributed by atoms with Crippen molar-refractivity contribution in [1.29, 1.82) is 0 Å². The summed E-state index contributed by atoms with van der Waals surface area (Å²) in [7, 11) is 1.44. The van der Waals surface area contributed by atoms with Crippen LogP contribution in [0.4, 0.5) is 4.79 Å².